The number of rotatable bonds is 26. The summed E-state index contributed by atoms with van der Waals surface area (Å²) in [6.45, 7) is 4.51. The van der Waals surface area contributed by atoms with E-state index in [0.717, 1.165) is 25.7 Å². The van der Waals surface area contributed by atoms with Gasteiger partial charge in [-0.05, 0) is 12.8 Å². The van der Waals surface area contributed by atoms with Crippen LogP contribution < -0.4 is 0 Å². The van der Waals surface area contributed by atoms with Crippen LogP contribution >= 0.6 is 0 Å². The average molecular weight is 509 g/mol. The minimum atomic E-state index is -0.330. The third-order valence-corrected chi connectivity index (χ3v) is 6.70. The first-order valence-corrected chi connectivity index (χ1v) is 14.9. The molecule has 0 aliphatic rings. The van der Waals surface area contributed by atoms with Gasteiger partial charge in [-0.3, -0.25) is 9.59 Å². The van der Waals surface area contributed by atoms with E-state index in [1.807, 2.05) is 0 Å². The molecule has 0 unspecified atom stereocenters. The van der Waals surface area contributed by atoms with Gasteiger partial charge in [0.2, 0.25) is 0 Å². The van der Waals surface area contributed by atoms with Crippen LogP contribution in [0.5, 0.6) is 0 Å². The molecule has 3 nitrogen and oxygen atoms in total. The summed E-state index contributed by atoms with van der Waals surface area (Å²) < 4.78 is 4.96. The van der Waals surface area contributed by atoms with Crippen LogP contribution in [0.1, 0.15) is 181 Å². The number of carbonyl (C=O) groups excluding carboxylic acids is 2. The van der Waals surface area contributed by atoms with Gasteiger partial charge in [0.25, 0.3) is 0 Å². The van der Waals surface area contributed by atoms with Crippen LogP contribution in [0.2, 0.25) is 0 Å². The molecule has 0 saturated heterocycles. The van der Waals surface area contributed by atoms with Gasteiger partial charge in [-0.15, -0.1) is 0 Å². The standard InChI is InChI=1S/C30H58O3.Ca.2H/c1-3-5-7-9-11-13-14-15-16-17-18-20-22-24-26-28-30(32)33-29(31)27-25-23-21-19-12-10-8-6-4-2;;;/h3-28H2,1-2H3;;;. The van der Waals surface area contributed by atoms with Crippen LogP contribution in [-0.2, 0) is 14.3 Å². The fourth-order valence-electron chi connectivity index (χ4n) is 4.45. The van der Waals surface area contributed by atoms with Crippen LogP contribution in [0.3, 0.4) is 0 Å². The van der Waals surface area contributed by atoms with Gasteiger partial charge < -0.3 is 4.74 Å². The van der Waals surface area contributed by atoms with Gasteiger partial charge in [0, 0.05) is 12.8 Å². The van der Waals surface area contributed by atoms with Crippen molar-refractivity contribution < 1.29 is 14.3 Å². The van der Waals surface area contributed by atoms with Gasteiger partial charge >= 0.3 is 49.7 Å². The van der Waals surface area contributed by atoms with Gasteiger partial charge in [-0.1, -0.05) is 155 Å². The van der Waals surface area contributed by atoms with Gasteiger partial charge in [0.15, 0.2) is 0 Å². The zero-order chi connectivity index (χ0) is 24.2. The molecular formula is C30H60CaO3. The molecule has 0 saturated carbocycles. The molecule has 0 bridgehead atoms. The Morgan fingerprint density at radius 3 is 0.824 bits per heavy atom. The summed E-state index contributed by atoms with van der Waals surface area (Å²) in [4.78, 5) is 23.6. The second-order valence-corrected chi connectivity index (χ2v) is 10.1. The Morgan fingerprint density at radius 1 is 0.382 bits per heavy atom. The molecule has 0 N–H and O–H groups in total. The van der Waals surface area contributed by atoms with Crippen molar-refractivity contribution in [1.29, 1.82) is 0 Å². The predicted octanol–water partition coefficient (Wildman–Crippen LogP) is 9.32. The van der Waals surface area contributed by atoms with E-state index in [1.165, 1.54) is 128 Å². The van der Waals surface area contributed by atoms with Crippen molar-refractivity contribution in [2.24, 2.45) is 0 Å². The van der Waals surface area contributed by atoms with Gasteiger partial charge in [0.05, 0.1) is 0 Å². The van der Waals surface area contributed by atoms with Crippen molar-refractivity contribution in [3.63, 3.8) is 0 Å². The molecule has 0 fully saturated rings. The molecule has 0 aromatic carbocycles. The van der Waals surface area contributed by atoms with Crippen molar-refractivity contribution in [1.82, 2.24) is 0 Å². The Balaban J connectivity index is 0. The molecule has 0 spiro atoms. The van der Waals surface area contributed by atoms with Crippen molar-refractivity contribution in [2.45, 2.75) is 181 Å². The first kappa shape index (κ1) is 36.6. The summed E-state index contributed by atoms with van der Waals surface area (Å²) in [5.41, 5.74) is 0. The van der Waals surface area contributed by atoms with Crippen LogP contribution in [0, 0.1) is 0 Å². The number of carbonyl (C=O) groups is 2. The Morgan fingerprint density at radius 2 is 0.588 bits per heavy atom. The molecule has 0 aromatic rings. The minimum absolute atomic E-state index is 0. The van der Waals surface area contributed by atoms with E-state index in [0.29, 0.717) is 12.8 Å². The molecule has 4 heteroatoms. The molecule has 0 rings (SSSR count). The van der Waals surface area contributed by atoms with E-state index >= 15 is 0 Å². The van der Waals surface area contributed by atoms with E-state index in [1.54, 1.807) is 0 Å². The summed E-state index contributed by atoms with van der Waals surface area (Å²) in [5, 5.41) is 0. The quantitative estimate of drug-likeness (QED) is 0.0506. The van der Waals surface area contributed by atoms with Gasteiger partial charge in [-0.25, -0.2) is 0 Å². The molecular weight excluding hydrogens is 448 g/mol. The number of hydrogen-bond acceptors (Lipinski definition) is 3. The second-order valence-electron chi connectivity index (χ2n) is 10.1. The fraction of sp³-hybridized carbons (Fsp3) is 0.933. The molecule has 0 radical (unpaired) electrons. The summed E-state index contributed by atoms with van der Waals surface area (Å²) in [6, 6.07) is 0. The number of hydrogen-bond donors (Lipinski definition) is 0. The van der Waals surface area contributed by atoms with Crippen molar-refractivity contribution in [2.75, 3.05) is 0 Å². The maximum atomic E-state index is 11.8. The Hall–Kier alpha value is 0.400. The molecule has 200 valence electrons. The Bertz CT molecular complexity index is 425. The molecule has 0 atom stereocenters. The molecule has 0 aromatic heterocycles. The van der Waals surface area contributed by atoms with Crippen LogP contribution in [0.4, 0.5) is 0 Å². The molecule has 0 heterocycles. The van der Waals surface area contributed by atoms with E-state index in [4.69, 9.17) is 4.74 Å². The average Bonchev–Trinajstić information content (AvgIpc) is 2.80. The topological polar surface area (TPSA) is 43.4 Å². The summed E-state index contributed by atoms with van der Waals surface area (Å²) in [7, 11) is 0. The van der Waals surface area contributed by atoms with E-state index in [-0.39, 0.29) is 49.7 Å². The number of ether oxygens (including phenoxy) is 1. The van der Waals surface area contributed by atoms with Crippen molar-refractivity contribution in [3.8, 4) is 0 Å². The third kappa shape index (κ3) is 30.4. The molecule has 0 aliphatic carbocycles. The normalized spacial score (nSPS) is 10.8. The van der Waals surface area contributed by atoms with Gasteiger partial charge in [-0.2, -0.15) is 0 Å². The molecule has 0 aliphatic heterocycles. The molecule has 0 amide bonds. The first-order chi connectivity index (χ1) is 16.2. The fourth-order valence-corrected chi connectivity index (χ4v) is 4.45. The summed E-state index contributed by atoms with van der Waals surface area (Å²) >= 11 is 0. The van der Waals surface area contributed by atoms with Crippen LogP contribution in [0.25, 0.3) is 0 Å². The Labute approximate surface area is 243 Å². The maximum absolute atomic E-state index is 11.8. The zero-order valence-electron chi connectivity index (χ0n) is 22.6. The number of esters is 2. The van der Waals surface area contributed by atoms with Crippen LogP contribution in [0.15, 0.2) is 0 Å². The molecule has 34 heavy (non-hydrogen) atoms. The van der Waals surface area contributed by atoms with E-state index < -0.39 is 0 Å². The van der Waals surface area contributed by atoms with E-state index in [2.05, 4.69) is 13.8 Å². The van der Waals surface area contributed by atoms with Crippen molar-refractivity contribution in [3.05, 3.63) is 0 Å². The van der Waals surface area contributed by atoms with E-state index in [9.17, 15) is 9.59 Å². The second kappa shape index (κ2) is 31.4. The summed E-state index contributed by atoms with van der Waals surface area (Å²) in [6.07, 6.45) is 31.4. The zero-order valence-corrected chi connectivity index (χ0v) is 22.6. The predicted molar refractivity (Wildman–Crippen MR) is 151 cm³/mol. The van der Waals surface area contributed by atoms with Crippen LogP contribution in [-0.4, -0.2) is 49.7 Å². The van der Waals surface area contributed by atoms with Crippen molar-refractivity contribution >= 4 is 49.7 Å². The Kier molecular flexibility index (Phi) is 33.8. The monoisotopic (exact) mass is 508 g/mol. The summed E-state index contributed by atoms with van der Waals surface area (Å²) in [5.74, 6) is -0.658. The van der Waals surface area contributed by atoms with Gasteiger partial charge in [0.1, 0.15) is 0 Å². The SMILES string of the molecule is CCCCCCCCCCCCCCCCCC(=O)OC(=O)CCCCCCCCCCC.[CaH2]. The third-order valence-electron chi connectivity index (χ3n) is 6.70. The first-order valence-electron chi connectivity index (χ1n) is 14.9. The number of unbranched alkanes of at least 4 members (excludes halogenated alkanes) is 22.